The zero-order valence-corrected chi connectivity index (χ0v) is 14.4. The third-order valence-corrected chi connectivity index (χ3v) is 4.19. The number of hydrogen-bond donors (Lipinski definition) is 1. The summed E-state index contributed by atoms with van der Waals surface area (Å²) in [7, 11) is 0. The van der Waals surface area contributed by atoms with Crippen LogP contribution in [0.4, 0.5) is 10.5 Å². The molecule has 5 heteroatoms. The number of amides is 2. The predicted octanol–water partition coefficient (Wildman–Crippen LogP) is 3.89. The van der Waals surface area contributed by atoms with Crippen LogP contribution in [0.3, 0.4) is 0 Å². The number of pyridine rings is 1. The second kappa shape index (κ2) is 8.33. The van der Waals surface area contributed by atoms with Gasteiger partial charge in [0.15, 0.2) is 0 Å². The normalized spacial score (nSPS) is 14.0. The summed E-state index contributed by atoms with van der Waals surface area (Å²) in [5.74, 6) is 0.676. The lowest BCUT2D eigenvalue weighted by atomic mass is 10.1. The van der Waals surface area contributed by atoms with Gasteiger partial charge in [0.2, 0.25) is 0 Å². The number of benzene rings is 1. The first-order valence-electron chi connectivity index (χ1n) is 8.55. The van der Waals surface area contributed by atoms with Gasteiger partial charge in [0.25, 0.3) is 0 Å². The summed E-state index contributed by atoms with van der Waals surface area (Å²) in [5, 5.41) is 2.96. The lowest BCUT2D eigenvalue weighted by molar-refractivity contribution is 0.215. The van der Waals surface area contributed by atoms with Crippen molar-refractivity contribution in [2.24, 2.45) is 0 Å². The molecule has 130 valence electrons. The van der Waals surface area contributed by atoms with Gasteiger partial charge in [-0.25, -0.2) is 4.79 Å². The number of aromatic nitrogens is 1. The number of nitrogens with zero attached hydrogens (tertiary/aromatic N) is 2. The molecule has 0 radical (unpaired) electrons. The van der Waals surface area contributed by atoms with Crippen molar-refractivity contribution in [2.75, 3.05) is 25.0 Å². The van der Waals surface area contributed by atoms with Crippen LogP contribution in [-0.4, -0.2) is 35.6 Å². The molecule has 2 heterocycles. The van der Waals surface area contributed by atoms with Crippen LogP contribution in [0.1, 0.15) is 19.0 Å². The molecule has 2 amide bonds. The van der Waals surface area contributed by atoms with E-state index >= 15 is 0 Å². The molecule has 0 atom stereocenters. The van der Waals surface area contributed by atoms with Gasteiger partial charge in [0, 0.05) is 31.4 Å². The zero-order chi connectivity index (χ0) is 17.5. The van der Waals surface area contributed by atoms with Crippen molar-refractivity contribution in [2.45, 2.75) is 19.8 Å². The smallest absolute Gasteiger partial charge is 0.322 e. The maximum Gasteiger partial charge on any atom is 0.322 e. The van der Waals surface area contributed by atoms with Crippen molar-refractivity contribution in [3.8, 4) is 5.75 Å². The molecule has 0 fully saturated rings. The minimum absolute atomic E-state index is 0.0930. The van der Waals surface area contributed by atoms with Crippen LogP contribution >= 0.6 is 0 Å². The van der Waals surface area contributed by atoms with Gasteiger partial charge in [0.1, 0.15) is 5.75 Å². The van der Waals surface area contributed by atoms with Crippen LogP contribution < -0.4 is 10.1 Å². The fraction of sp³-hybridized carbons (Fsp3) is 0.300. The number of hydrogen-bond acceptors (Lipinski definition) is 3. The van der Waals surface area contributed by atoms with Crippen molar-refractivity contribution in [3.05, 3.63) is 66.0 Å². The second-order valence-corrected chi connectivity index (χ2v) is 6.09. The number of ether oxygens (including phenoxy) is 1. The van der Waals surface area contributed by atoms with Gasteiger partial charge in [-0.3, -0.25) is 4.98 Å². The molecule has 1 aliphatic rings. The minimum atomic E-state index is -0.0930. The monoisotopic (exact) mass is 337 g/mol. The average Bonchev–Trinajstić information content (AvgIpc) is 2.64. The number of rotatable bonds is 5. The van der Waals surface area contributed by atoms with Crippen LogP contribution in [0.5, 0.6) is 5.75 Å². The number of anilines is 1. The quantitative estimate of drug-likeness (QED) is 0.842. The lowest BCUT2D eigenvalue weighted by Gasteiger charge is -2.26. The highest BCUT2D eigenvalue weighted by molar-refractivity contribution is 5.91. The molecule has 0 aliphatic carbocycles. The van der Waals surface area contributed by atoms with Crippen molar-refractivity contribution in [3.63, 3.8) is 0 Å². The summed E-state index contributed by atoms with van der Waals surface area (Å²) < 4.78 is 5.86. The van der Waals surface area contributed by atoms with E-state index < -0.39 is 0 Å². The fourth-order valence-electron chi connectivity index (χ4n) is 2.66. The molecular formula is C20H23N3O2. The van der Waals surface area contributed by atoms with Crippen LogP contribution in [0, 0.1) is 0 Å². The van der Waals surface area contributed by atoms with Gasteiger partial charge in [-0.2, -0.15) is 0 Å². The number of carbonyl (C=O) groups excluding carboxylic acids is 1. The molecule has 5 nitrogen and oxygen atoms in total. The average molecular weight is 337 g/mol. The van der Waals surface area contributed by atoms with Crippen LogP contribution in [0.15, 0.2) is 60.3 Å². The highest BCUT2D eigenvalue weighted by Gasteiger charge is 2.17. The molecule has 1 aromatic heterocycles. The molecule has 1 N–H and O–H groups in total. The first-order valence-corrected chi connectivity index (χ1v) is 8.55. The number of nitrogens with one attached hydrogen (secondary N) is 1. The van der Waals surface area contributed by atoms with E-state index in [0.29, 0.717) is 24.6 Å². The maximum absolute atomic E-state index is 12.4. The van der Waals surface area contributed by atoms with E-state index in [1.54, 1.807) is 11.1 Å². The van der Waals surface area contributed by atoms with E-state index in [0.717, 1.165) is 25.1 Å². The van der Waals surface area contributed by atoms with Gasteiger partial charge in [-0.15, -0.1) is 0 Å². The largest absolute Gasteiger partial charge is 0.491 e. The van der Waals surface area contributed by atoms with Gasteiger partial charge in [-0.1, -0.05) is 29.8 Å². The first kappa shape index (κ1) is 17.0. The Bertz CT molecular complexity index is 744. The molecule has 1 aromatic carbocycles. The second-order valence-electron chi connectivity index (χ2n) is 6.09. The summed E-state index contributed by atoms with van der Waals surface area (Å²) in [6.07, 6.45) is 5.52. The van der Waals surface area contributed by atoms with Gasteiger partial charge < -0.3 is 15.0 Å². The number of carbonyl (C=O) groups is 1. The van der Waals surface area contributed by atoms with Gasteiger partial charge in [0.05, 0.1) is 12.3 Å². The third-order valence-electron chi connectivity index (χ3n) is 4.19. The van der Waals surface area contributed by atoms with Crippen LogP contribution in [0.25, 0.3) is 0 Å². The summed E-state index contributed by atoms with van der Waals surface area (Å²) >= 11 is 0. The highest BCUT2D eigenvalue weighted by atomic mass is 16.5. The highest BCUT2D eigenvalue weighted by Crippen LogP contribution is 2.24. The van der Waals surface area contributed by atoms with E-state index in [2.05, 4.69) is 23.3 Å². The van der Waals surface area contributed by atoms with Crippen molar-refractivity contribution in [1.29, 1.82) is 0 Å². The van der Waals surface area contributed by atoms with E-state index in [9.17, 15) is 4.79 Å². The van der Waals surface area contributed by atoms with Gasteiger partial charge in [-0.05, 0) is 37.6 Å². The van der Waals surface area contributed by atoms with E-state index in [1.165, 1.54) is 5.57 Å². The van der Waals surface area contributed by atoms with Crippen LogP contribution in [0.2, 0.25) is 0 Å². The molecule has 2 aromatic rings. The maximum atomic E-state index is 12.4. The Hall–Kier alpha value is -2.82. The predicted molar refractivity (Wildman–Crippen MR) is 98.8 cm³/mol. The molecule has 3 rings (SSSR count). The fourth-order valence-corrected chi connectivity index (χ4v) is 2.66. The van der Waals surface area contributed by atoms with Crippen molar-refractivity contribution < 1.29 is 9.53 Å². The summed E-state index contributed by atoms with van der Waals surface area (Å²) in [6.45, 7) is 4.01. The van der Waals surface area contributed by atoms with E-state index in [-0.39, 0.29) is 6.03 Å². The first-order chi connectivity index (χ1) is 12.2. The van der Waals surface area contributed by atoms with Crippen LogP contribution in [-0.2, 0) is 6.42 Å². The van der Waals surface area contributed by atoms with Crippen molar-refractivity contribution in [1.82, 2.24) is 9.88 Å². The topological polar surface area (TPSA) is 54.5 Å². The molecule has 25 heavy (non-hydrogen) atoms. The molecule has 0 spiro atoms. The lowest BCUT2D eigenvalue weighted by Crippen LogP contribution is -2.37. The Labute approximate surface area is 148 Å². The molecule has 0 unspecified atom stereocenters. The zero-order valence-electron chi connectivity index (χ0n) is 14.4. The Morgan fingerprint density at radius 1 is 1.24 bits per heavy atom. The standard InChI is InChI=1S/C20H23N3O2/c1-16-9-13-23(14-10-16)20(24)22-18-7-2-3-8-19(18)25-15-11-17-6-4-5-12-21-17/h2-9,12H,10-11,13-15H2,1H3,(H,22,24). The Morgan fingerprint density at radius 3 is 2.84 bits per heavy atom. The van der Waals surface area contributed by atoms with Gasteiger partial charge >= 0.3 is 6.03 Å². The Balaban J connectivity index is 1.58. The number of urea groups is 1. The Kier molecular flexibility index (Phi) is 5.67. The summed E-state index contributed by atoms with van der Waals surface area (Å²) in [6, 6.07) is 13.3. The number of para-hydroxylation sites is 2. The molecule has 0 saturated carbocycles. The van der Waals surface area contributed by atoms with Crippen molar-refractivity contribution >= 4 is 11.7 Å². The SMILES string of the molecule is CC1=CCN(C(=O)Nc2ccccc2OCCc2ccccn2)CC1. The summed E-state index contributed by atoms with van der Waals surface area (Å²) in [5.41, 5.74) is 3.02. The minimum Gasteiger partial charge on any atom is -0.491 e. The third kappa shape index (κ3) is 4.83. The molecular weight excluding hydrogens is 314 g/mol. The molecule has 1 aliphatic heterocycles. The van der Waals surface area contributed by atoms with E-state index in [1.807, 2.05) is 42.5 Å². The molecule has 0 bridgehead atoms. The molecule has 0 saturated heterocycles. The summed E-state index contributed by atoms with van der Waals surface area (Å²) in [4.78, 5) is 18.5. The van der Waals surface area contributed by atoms with E-state index in [4.69, 9.17) is 4.74 Å². The Morgan fingerprint density at radius 2 is 2.08 bits per heavy atom.